The third kappa shape index (κ3) is 37.6. The molecule has 0 radical (unpaired) electrons. The van der Waals surface area contributed by atoms with Crippen molar-refractivity contribution in [3.05, 3.63) is 0 Å². The predicted molar refractivity (Wildman–Crippen MR) is 159 cm³/mol. The Kier molecular flexibility index (Phi) is 43.7. The third-order valence-corrected chi connectivity index (χ3v) is 7.42. The molecule has 11 nitrogen and oxygen atoms in total. The Morgan fingerprint density at radius 3 is 1.50 bits per heavy atom. The molecule has 44 heavy (non-hydrogen) atoms. The van der Waals surface area contributed by atoms with Crippen molar-refractivity contribution < 1.29 is 111 Å². The number of carboxylic acids is 1. The fourth-order valence-electron chi connectivity index (χ4n) is 4.40. The van der Waals surface area contributed by atoms with Crippen LogP contribution < -0.4 is 64.2 Å². The number of aliphatic hydroxyl groups excluding tert-OH is 4. The predicted octanol–water partition coefficient (Wildman–Crippen LogP) is -2.49. The molecule has 1 fully saturated rings. The van der Waals surface area contributed by atoms with Crippen molar-refractivity contribution in [2.24, 2.45) is 0 Å². The van der Waals surface area contributed by atoms with E-state index in [0.717, 1.165) is 25.7 Å². The number of aliphatic carboxylic acids is 1. The minimum absolute atomic E-state index is 0. The van der Waals surface area contributed by atoms with Gasteiger partial charge in [-0.15, -0.1) is 0 Å². The van der Waals surface area contributed by atoms with Gasteiger partial charge < -0.3 is 39.6 Å². The van der Waals surface area contributed by atoms with E-state index in [2.05, 4.69) is 18.0 Å². The molecular weight excluding hydrogens is 614 g/mol. The molecule has 0 aromatic carbocycles. The number of hydrogen-bond acceptors (Lipinski definition) is 11. The first-order valence-electron chi connectivity index (χ1n) is 16.1. The second-order valence-electron chi connectivity index (χ2n) is 11.0. The van der Waals surface area contributed by atoms with E-state index in [4.69, 9.17) is 25.2 Å². The van der Waals surface area contributed by atoms with E-state index in [-0.39, 0.29) is 78.7 Å². The average Bonchev–Trinajstić information content (AvgIpc) is 3.28. The molecule has 4 N–H and O–H groups in total. The summed E-state index contributed by atoms with van der Waals surface area (Å²) in [6.07, 6.45) is 18.8. The molecule has 0 aromatic rings. The molecule has 1 aliphatic rings. The molecule has 0 amide bonds. The molecule has 0 bridgehead atoms. The number of unbranched alkanes of at least 4 members (excludes halogenated alkanes) is 17. The van der Waals surface area contributed by atoms with Gasteiger partial charge >= 0.3 is 59.1 Å². The summed E-state index contributed by atoms with van der Waals surface area (Å²) in [6, 6.07) is 0. The van der Waals surface area contributed by atoms with Crippen LogP contribution in [0.15, 0.2) is 0 Å². The topological polar surface area (TPSA) is 197 Å². The Morgan fingerprint density at radius 1 is 0.795 bits per heavy atom. The molecule has 1 saturated heterocycles. The van der Waals surface area contributed by atoms with Crippen LogP contribution in [0.4, 0.5) is 0 Å². The minimum Gasteiger partial charge on any atom is -0.726 e. The summed E-state index contributed by atoms with van der Waals surface area (Å²) in [5.41, 5.74) is 0. The van der Waals surface area contributed by atoms with E-state index in [1.54, 1.807) is 0 Å². The van der Waals surface area contributed by atoms with Crippen molar-refractivity contribution in [2.75, 3.05) is 19.8 Å². The Labute approximate surface area is 311 Å². The fourth-order valence-corrected chi connectivity index (χ4v) is 4.72. The quantitative estimate of drug-likeness (QED) is 0.0366. The third-order valence-electron chi connectivity index (χ3n) is 6.97. The van der Waals surface area contributed by atoms with Crippen LogP contribution in [-0.4, -0.2) is 83.6 Å². The van der Waals surface area contributed by atoms with Crippen molar-refractivity contribution >= 4 is 16.4 Å². The van der Waals surface area contributed by atoms with Crippen LogP contribution in [-0.2, 0) is 24.1 Å². The molecule has 0 saturated carbocycles. The number of hydrogen-bond donors (Lipinski definition) is 4. The van der Waals surface area contributed by atoms with Gasteiger partial charge in [-0.25, -0.2) is 8.42 Å². The van der Waals surface area contributed by atoms with Crippen molar-refractivity contribution in [1.29, 1.82) is 0 Å². The van der Waals surface area contributed by atoms with Crippen LogP contribution in [0.1, 0.15) is 142 Å². The van der Waals surface area contributed by atoms with E-state index in [1.165, 1.54) is 89.9 Å². The van der Waals surface area contributed by atoms with Crippen LogP contribution in [0.3, 0.4) is 0 Å². The van der Waals surface area contributed by atoms with Crippen molar-refractivity contribution in [1.82, 2.24) is 0 Å². The van der Waals surface area contributed by atoms with Gasteiger partial charge in [0.2, 0.25) is 10.4 Å². The molecule has 14 heteroatoms. The van der Waals surface area contributed by atoms with Gasteiger partial charge in [0.05, 0.1) is 19.8 Å². The Bertz CT molecular complexity index is 702. The number of aliphatic hydroxyl groups is 4. The molecule has 0 aliphatic carbocycles. The minimum atomic E-state index is -4.48. The summed E-state index contributed by atoms with van der Waals surface area (Å²) in [7, 11) is -4.48. The van der Waals surface area contributed by atoms with Gasteiger partial charge in [0.15, 0.2) is 0 Å². The summed E-state index contributed by atoms with van der Waals surface area (Å²) < 4.78 is 39.3. The smallest absolute Gasteiger partial charge is 0.726 e. The van der Waals surface area contributed by atoms with Crippen LogP contribution in [0, 0.1) is 0 Å². The van der Waals surface area contributed by atoms with Crippen LogP contribution in [0.25, 0.3) is 0 Å². The zero-order valence-corrected chi connectivity index (χ0v) is 32.9. The number of ether oxygens (including phenoxy) is 1. The van der Waals surface area contributed by atoms with Gasteiger partial charge in [0, 0.05) is 5.97 Å². The molecule has 1 aliphatic heterocycles. The van der Waals surface area contributed by atoms with E-state index in [9.17, 15) is 22.9 Å². The first-order valence-corrected chi connectivity index (χ1v) is 17.4. The SMILES string of the molecule is CCCCCCCCCCCC(=O)[O-].CCCCCCCCCCCCOS(=O)(=O)[O-].OC[C@@H](O)[C@H]1OC[C@H](O)[C@H]1O.[Na+].[Na+]. The summed E-state index contributed by atoms with van der Waals surface area (Å²) in [5.74, 6) is -0.909. The van der Waals surface area contributed by atoms with E-state index in [1.807, 2.05) is 0 Å². The number of carbonyl (C=O) groups excluding carboxylic acids is 1. The molecule has 4 atom stereocenters. The Balaban J connectivity index is -0.000000272. The summed E-state index contributed by atoms with van der Waals surface area (Å²) in [4.78, 5) is 10.1. The van der Waals surface area contributed by atoms with Crippen molar-refractivity contribution in [3.8, 4) is 0 Å². The Hall–Kier alpha value is 1.14. The van der Waals surface area contributed by atoms with Gasteiger partial charge in [-0.3, -0.25) is 4.18 Å². The first-order chi connectivity index (χ1) is 20.0. The summed E-state index contributed by atoms with van der Waals surface area (Å²) in [5, 5.41) is 45.6. The van der Waals surface area contributed by atoms with E-state index in [0.29, 0.717) is 6.42 Å². The van der Waals surface area contributed by atoms with Crippen LogP contribution in [0.5, 0.6) is 0 Å². The second kappa shape index (κ2) is 37.0. The zero-order chi connectivity index (χ0) is 32.1. The fraction of sp³-hybridized carbons (Fsp3) is 0.967. The van der Waals surface area contributed by atoms with E-state index >= 15 is 0 Å². The van der Waals surface area contributed by atoms with Crippen molar-refractivity contribution in [2.45, 2.75) is 167 Å². The van der Waals surface area contributed by atoms with Crippen LogP contribution >= 0.6 is 0 Å². The normalized spacial score (nSPS) is 18.1. The Morgan fingerprint density at radius 2 is 1.18 bits per heavy atom. The zero-order valence-electron chi connectivity index (χ0n) is 28.1. The monoisotopic (exact) mass is 674 g/mol. The summed E-state index contributed by atoms with van der Waals surface area (Å²) in [6.45, 7) is 3.99. The molecule has 254 valence electrons. The van der Waals surface area contributed by atoms with Gasteiger partial charge in [0.1, 0.15) is 24.4 Å². The van der Waals surface area contributed by atoms with Gasteiger partial charge in [-0.2, -0.15) is 0 Å². The molecular formula is C30H60Na2O11S. The molecule has 0 aromatic heterocycles. The maximum atomic E-state index is 10.1. The standard InChI is InChI=1S/C12H26O4S.C12H24O2.C6H12O5.2Na/c1-2-3-4-5-6-7-8-9-10-11-12-16-17(13,14)15;1-2-3-4-5-6-7-8-9-10-11-12(13)14;7-1-3(8)6-5(10)4(9)2-11-6;;/h2-12H2,1H3,(H,13,14,15);2-11H2,1H3,(H,13,14);3-10H,1-2H2;;/q;;;2*+1/p-2/t;;3-,4+,5-,6-;;/m..1../s1. The number of rotatable bonds is 24. The number of carboxylic acid groups (broad SMARTS) is 1. The van der Waals surface area contributed by atoms with Gasteiger partial charge in [-0.1, -0.05) is 123 Å². The maximum Gasteiger partial charge on any atom is 1.00 e. The van der Waals surface area contributed by atoms with Crippen molar-refractivity contribution in [3.63, 3.8) is 0 Å². The number of carbonyl (C=O) groups is 1. The van der Waals surface area contributed by atoms with Gasteiger partial charge in [0.25, 0.3) is 0 Å². The maximum absolute atomic E-state index is 10.1. The second-order valence-corrected chi connectivity index (χ2v) is 12.0. The summed E-state index contributed by atoms with van der Waals surface area (Å²) >= 11 is 0. The average molecular weight is 675 g/mol. The largest absolute Gasteiger partial charge is 1.00 e. The van der Waals surface area contributed by atoms with Crippen LogP contribution in [0.2, 0.25) is 0 Å². The molecule has 0 unspecified atom stereocenters. The van der Waals surface area contributed by atoms with Gasteiger partial charge in [-0.05, 0) is 19.3 Å². The molecule has 1 heterocycles. The van der Waals surface area contributed by atoms with E-state index < -0.39 is 47.4 Å². The molecule has 0 spiro atoms. The first kappa shape index (κ1) is 52.0. The molecule has 1 rings (SSSR count).